The summed E-state index contributed by atoms with van der Waals surface area (Å²) in [6.07, 6.45) is 0. The molecule has 6 nitrogen and oxygen atoms in total. The Kier molecular flexibility index (Phi) is 22.9. The van der Waals surface area contributed by atoms with Gasteiger partial charge in [-0.05, 0) is 6.92 Å². The smallest absolute Gasteiger partial charge is 0.0701 e. The molecule has 3 N–H and O–H groups in total. The lowest BCUT2D eigenvalue weighted by atomic mass is 10.7. The summed E-state index contributed by atoms with van der Waals surface area (Å²) in [5.41, 5.74) is 0. The van der Waals surface area contributed by atoms with E-state index in [1.807, 2.05) is 6.92 Å². The number of ether oxygens (including phenoxy) is 3. The van der Waals surface area contributed by atoms with Crippen molar-refractivity contribution in [2.45, 2.75) is 6.92 Å². The third-order valence-corrected chi connectivity index (χ3v) is 1.28. The predicted octanol–water partition coefficient (Wildman–Crippen LogP) is -0.981. The highest BCUT2D eigenvalue weighted by Gasteiger charge is 1.86. The molecule has 0 heterocycles. The fourth-order valence-electron chi connectivity index (χ4n) is 0.660. The summed E-state index contributed by atoms with van der Waals surface area (Å²) in [6, 6.07) is 0. The van der Waals surface area contributed by atoms with E-state index in [1.165, 1.54) is 0 Å². The Balaban J connectivity index is 0. The molecule has 0 aromatic carbocycles. The number of aliphatic hydroxyl groups is 3. The van der Waals surface area contributed by atoms with Crippen LogP contribution in [-0.4, -0.2) is 74.8 Å². The highest BCUT2D eigenvalue weighted by atomic mass is 16.5. The quantitative estimate of drug-likeness (QED) is 0.425. The van der Waals surface area contributed by atoms with Gasteiger partial charge in [0, 0.05) is 6.61 Å². The summed E-state index contributed by atoms with van der Waals surface area (Å²) < 4.78 is 14.5. The first-order chi connectivity index (χ1) is 7.83. The molecule has 0 unspecified atom stereocenters. The molecule has 0 spiro atoms. The Bertz CT molecular complexity index is 89.3. The second-order valence-corrected chi connectivity index (χ2v) is 2.59. The first kappa shape index (κ1) is 18.1. The summed E-state index contributed by atoms with van der Waals surface area (Å²) in [7, 11) is 0. The second-order valence-electron chi connectivity index (χ2n) is 2.59. The van der Waals surface area contributed by atoms with Gasteiger partial charge in [0.05, 0.1) is 52.9 Å². The summed E-state index contributed by atoms with van der Waals surface area (Å²) in [5, 5.41) is 24.6. The molecular formula is C10H24O6. The zero-order valence-electron chi connectivity index (χ0n) is 9.93. The summed E-state index contributed by atoms with van der Waals surface area (Å²) >= 11 is 0. The predicted molar refractivity (Wildman–Crippen MR) is 59.4 cm³/mol. The average molecular weight is 240 g/mol. The lowest BCUT2D eigenvalue weighted by Gasteiger charge is -2.01. The maximum atomic E-state index is 8.26. The van der Waals surface area contributed by atoms with E-state index in [-0.39, 0.29) is 19.8 Å². The van der Waals surface area contributed by atoms with Crippen LogP contribution in [0.25, 0.3) is 0 Å². The molecule has 16 heavy (non-hydrogen) atoms. The van der Waals surface area contributed by atoms with Crippen molar-refractivity contribution in [1.29, 1.82) is 0 Å². The molecule has 0 aromatic heterocycles. The van der Waals surface area contributed by atoms with Gasteiger partial charge in [0.15, 0.2) is 0 Å². The van der Waals surface area contributed by atoms with Crippen molar-refractivity contribution >= 4 is 0 Å². The van der Waals surface area contributed by atoms with E-state index in [0.717, 1.165) is 0 Å². The van der Waals surface area contributed by atoms with E-state index in [2.05, 4.69) is 0 Å². The molecule has 0 amide bonds. The van der Waals surface area contributed by atoms with Crippen LogP contribution < -0.4 is 0 Å². The van der Waals surface area contributed by atoms with Gasteiger partial charge in [-0.3, -0.25) is 0 Å². The van der Waals surface area contributed by atoms with Gasteiger partial charge in [-0.15, -0.1) is 0 Å². The van der Waals surface area contributed by atoms with Crippen molar-refractivity contribution in [2.75, 3.05) is 59.5 Å². The standard InChI is InChI=1S/C6H14O4.C4H10O2/c7-1-3-9-5-6-10-4-2-8;1-2-6-4-3-5/h7-8H,1-6H2;5H,2-4H2,1H3. The van der Waals surface area contributed by atoms with Crippen LogP contribution in [0.1, 0.15) is 6.92 Å². The zero-order chi connectivity index (χ0) is 12.5. The Morgan fingerprint density at radius 2 is 1.00 bits per heavy atom. The van der Waals surface area contributed by atoms with Gasteiger partial charge in [-0.2, -0.15) is 0 Å². The van der Waals surface area contributed by atoms with Crippen molar-refractivity contribution < 1.29 is 29.5 Å². The van der Waals surface area contributed by atoms with E-state index in [1.54, 1.807) is 0 Å². The molecule has 6 heteroatoms. The van der Waals surface area contributed by atoms with Crippen LogP contribution >= 0.6 is 0 Å². The maximum absolute atomic E-state index is 8.26. The molecule has 0 rings (SSSR count). The van der Waals surface area contributed by atoms with Crippen molar-refractivity contribution in [1.82, 2.24) is 0 Å². The molecule has 0 aliphatic rings. The van der Waals surface area contributed by atoms with Crippen LogP contribution in [0.2, 0.25) is 0 Å². The lowest BCUT2D eigenvalue weighted by Crippen LogP contribution is -2.09. The van der Waals surface area contributed by atoms with Crippen molar-refractivity contribution in [3.05, 3.63) is 0 Å². The lowest BCUT2D eigenvalue weighted by molar-refractivity contribution is 0.0222. The fourth-order valence-corrected chi connectivity index (χ4v) is 0.660. The van der Waals surface area contributed by atoms with Crippen LogP contribution in [0.4, 0.5) is 0 Å². The number of hydrogen-bond acceptors (Lipinski definition) is 6. The van der Waals surface area contributed by atoms with Crippen molar-refractivity contribution in [2.24, 2.45) is 0 Å². The van der Waals surface area contributed by atoms with Crippen LogP contribution in [0.5, 0.6) is 0 Å². The Hall–Kier alpha value is -0.240. The van der Waals surface area contributed by atoms with Crippen molar-refractivity contribution in [3.63, 3.8) is 0 Å². The highest BCUT2D eigenvalue weighted by molar-refractivity contribution is 4.30. The van der Waals surface area contributed by atoms with E-state index < -0.39 is 0 Å². The highest BCUT2D eigenvalue weighted by Crippen LogP contribution is 1.76. The fraction of sp³-hybridized carbons (Fsp3) is 1.00. The SMILES string of the molecule is CCOCCO.OCCOCCOCCO. The summed E-state index contributed by atoms with van der Waals surface area (Å²) in [4.78, 5) is 0. The minimum absolute atomic E-state index is 0.0417. The van der Waals surface area contributed by atoms with Gasteiger partial charge in [-0.1, -0.05) is 0 Å². The monoisotopic (exact) mass is 240 g/mol. The van der Waals surface area contributed by atoms with Gasteiger partial charge < -0.3 is 29.5 Å². The molecule has 100 valence electrons. The van der Waals surface area contributed by atoms with Crippen LogP contribution in [0.15, 0.2) is 0 Å². The molecule has 0 fully saturated rings. The second kappa shape index (κ2) is 20.2. The number of hydrogen-bond donors (Lipinski definition) is 3. The largest absolute Gasteiger partial charge is 0.394 e. The van der Waals surface area contributed by atoms with Gasteiger partial charge >= 0.3 is 0 Å². The molecule has 0 saturated carbocycles. The van der Waals surface area contributed by atoms with E-state index >= 15 is 0 Å². The van der Waals surface area contributed by atoms with E-state index in [9.17, 15) is 0 Å². The Morgan fingerprint density at radius 1 is 0.625 bits per heavy atom. The Morgan fingerprint density at radius 3 is 1.25 bits per heavy atom. The first-order valence-electron chi connectivity index (χ1n) is 5.39. The average Bonchev–Trinajstić information content (AvgIpc) is 2.32. The first-order valence-corrected chi connectivity index (χ1v) is 5.39. The van der Waals surface area contributed by atoms with Crippen LogP contribution in [0, 0.1) is 0 Å². The van der Waals surface area contributed by atoms with Crippen LogP contribution in [-0.2, 0) is 14.2 Å². The third-order valence-electron chi connectivity index (χ3n) is 1.28. The minimum Gasteiger partial charge on any atom is -0.394 e. The summed E-state index contributed by atoms with van der Waals surface area (Å²) in [5.74, 6) is 0. The molecule has 0 aromatic rings. The van der Waals surface area contributed by atoms with Gasteiger partial charge in [-0.25, -0.2) is 0 Å². The maximum Gasteiger partial charge on any atom is 0.0701 e. The van der Waals surface area contributed by atoms with Crippen LogP contribution in [0.3, 0.4) is 0 Å². The summed E-state index contributed by atoms with van der Waals surface area (Å²) in [6.45, 7) is 4.92. The Labute approximate surface area is 96.8 Å². The molecule has 0 bridgehead atoms. The van der Waals surface area contributed by atoms with Gasteiger partial charge in [0.2, 0.25) is 0 Å². The molecular weight excluding hydrogens is 216 g/mol. The van der Waals surface area contributed by atoms with Gasteiger partial charge in [0.1, 0.15) is 0 Å². The number of aliphatic hydroxyl groups excluding tert-OH is 3. The molecule has 0 atom stereocenters. The zero-order valence-corrected chi connectivity index (χ0v) is 9.93. The molecule has 0 saturated heterocycles. The molecule has 0 aliphatic carbocycles. The number of rotatable bonds is 10. The van der Waals surface area contributed by atoms with Crippen molar-refractivity contribution in [3.8, 4) is 0 Å². The minimum atomic E-state index is 0.0417. The van der Waals surface area contributed by atoms with Gasteiger partial charge in [0.25, 0.3) is 0 Å². The molecule has 0 radical (unpaired) electrons. The topological polar surface area (TPSA) is 88.4 Å². The normalized spacial score (nSPS) is 9.75. The van der Waals surface area contributed by atoms with E-state index in [4.69, 9.17) is 29.5 Å². The molecule has 0 aliphatic heterocycles. The third kappa shape index (κ3) is 23.5. The van der Waals surface area contributed by atoms with E-state index in [0.29, 0.717) is 39.6 Å².